The van der Waals surface area contributed by atoms with E-state index in [9.17, 15) is 9.18 Å². The predicted octanol–water partition coefficient (Wildman–Crippen LogP) is 4.22. The Balaban J connectivity index is 1.52. The number of halogens is 1. The van der Waals surface area contributed by atoms with Gasteiger partial charge in [-0.2, -0.15) is 0 Å². The summed E-state index contributed by atoms with van der Waals surface area (Å²) >= 11 is 0. The van der Waals surface area contributed by atoms with Gasteiger partial charge in [0, 0.05) is 11.8 Å². The van der Waals surface area contributed by atoms with Gasteiger partial charge in [-0.1, -0.05) is 36.4 Å². The highest BCUT2D eigenvalue weighted by Crippen LogP contribution is 2.28. The van der Waals surface area contributed by atoms with E-state index in [1.165, 1.54) is 28.0 Å². The molecular weight excluding hydrogens is 353 g/mol. The summed E-state index contributed by atoms with van der Waals surface area (Å²) in [6.07, 6.45) is 9.63. The molecule has 2 aromatic heterocycles. The van der Waals surface area contributed by atoms with Crippen molar-refractivity contribution >= 4 is 17.1 Å². The number of benzene rings is 2. The summed E-state index contributed by atoms with van der Waals surface area (Å²) in [6, 6.07) is 13.1. The van der Waals surface area contributed by atoms with Crippen molar-refractivity contribution in [3.63, 3.8) is 0 Å². The first kappa shape index (κ1) is 16.6. The SMILES string of the molecule is O=c1cnc2ccncc2n1Cc1ccc(-c2ccc3c(c2)C=CC3)cc1F. The molecule has 0 radical (unpaired) electrons. The van der Waals surface area contributed by atoms with Crippen molar-refractivity contribution < 1.29 is 4.39 Å². The molecule has 5 heteroatoms. The highest BCUT2D eigenvalue weighted by molar-refractivity contribution is 5.73. The lowest BCUT2D eigenvalue weighted by atomic mass is 9.99. The summed E-state index contributed by atoms with van der Waals surface area (Å²) in [5.41, 5.74) is 5.67. The Labute approximate surface area is 160 Å². The maximum Gasteiger partial charge on any atom is 0.269 e. The zero-order valence-corrected chi connectivity index (χ0v) is 15.0. The van der Waals surface area contributed by atoms with E-state index in [1.807, 2.05) is 12.1 Å². The summed E-state index contributed by atoms with van der Waals surface area (Å²) in [7, 11) is 0. The van der Waals surface area contributed by atoms with Gasteiger partial charge < -0.3 is 0 Å². The minimum absolute atomic E-state index is 0.128. The summed E-state index contributed by atoms with van der Waals surface area (Å²) in [5, 5.41) is 0. The summed E-state index contributed by atoms with van der Waals surface area (Å²) in [4.78, 5) is 20.5. The summed E-state index contributed by atoms with van der Waals surface area (Å²) in [6.45, 7) is 0.128. The predicted molar refractivity (Wildman–Crippen MR) is 107 cm³/mol. The van der Waals surface area contributed by atoms with Gasteiger partial charge in [0.1, 0.15) is 5.82 Å². The van der Waals surface area contributed by atoms with Gasteiger partial charge in [0.05, 0.1) is 30.0 Å². The standard InChI is InChI=1S/C23H16FN3O/c24-20-11-18(17-5-4-15-2-1-3-16(15)10-17)6-7-19(20)14-27-22-12-25-9-8-21(22)26-13-23(27)28/h1,3-13H,2,14H2. The van der Waals surface area contributed by atoms with E-state index in [1.54, 1.807) is 24.5 Å². The lowest BCUT2D eigenvalue weighted by Crippen LogP contribution is -2.21. The van der Waals surface area contributed by atoms with E-state index in [4.69, 9.17) is 0 Å². The van der Waals surface area contributed by atoms with Crippen molar-refractivity contribution in [2.45, 2.75) is 13.0 Å². The molecule has 0 N–H and O–H groups in total. The van der Waals surface area contributed by atoms with Crippen LogP contribution in [0.15, 0.2) is 71.9 Å². The van der Waals surface area contributed by atoms with Crippen molar-refractivity contribution in [2.24, 2.45) is 0 Å². The van der Waals surface area contributed by atoms with Gasteiger partial charge in [-0.15, -0.1) is 0 Å². The average Bonchev–Trinajstić information content (AvgIpc) is 3.19. The Morgan fingerprint density at radius 3 is 2.79 bits per heavy atom. The van der Waals surface area contributed by atoms with Crippen LogP contribution in [-0.2, 0) is 13.0 Å². The van der Waals surface area contributed by atoms with Gasteiger partial charge in [0.25, 0.3) is 5.56 Å². The number of fused-ring (bicyclic) bond motifs is 2. The Bertz CT molecular complexity index is 1310. The number of allylic oxidation sites excluding steroid dienone is 1. The van der Waals surface area contributed by atoms with Gasteiger partial charge >= 0.3 is 0 Å². The Morgan fingerprint density at radius 2 is 1.89 bits per heavy atom. The van der Waals surface area contributed by atoms with Crippen LogP contribution in [0.3, 0.4) is 0 Å². The number of aromatic nitrogens is 3. The molecule has 0 fully saturated rings. The average molecular weight is 369 g/mol. The number of rotatable bonds is 3. The number of hydrogen-bond acceptors (Lipinski definition) is 3. The van der Waals surface area contributed by atoms with E-state index >= 15 is 0 Å². The monoisotopic (exact) mass is 369 g/mol. The molecular formula is C23H16FN3O. The largest absolute Gasteiger partial charge is 0.299 e. The first-order chi connectivity index (χ1) is 13.7. The van der Waals surface area contributed by atoms with Gasteiger partial charge in [0.2, 0.25) is 0 Å². The van der Waals surface area contributed by atoms with Gasteiger partial charge in [-0.3, -0.25) is 14.3 Å². The first-order valence-corrected chi connectivity index (χ1v) is 9.07. The van der Waals surface area contributed by atoms with Gasteiger partial charge in [-0.25, -0.2) is 9.37 Å². The fourth-order valence-electron chi connectivity index (χ4n) is 3.63. The van der Waals surface area contributed by atoms with E-state index < -0.39 is 0 Å². The zero-order chi connectivity index (χ0) is 19.1. The Hall–Kier alpha value is -3.60. The molecule has 1 aliphatic carbocycles. The van der Waals surface area contributed by atoms with Crippen LogP contribution in [0.25, 0.3) is 28.2 Å². The van der Waals surface area contributed by atoms with E-state index in [0.717, 1.165) is 17.5 Å². The van der Waals surface area contributed by atoms with Crippen LogP contribution < -0.4 is 5.56 Å². The third kappa shape index (κ3) is 2.81. The molecule has 0 bridgehead atoms. The zero-order valence-electron chi connectivity index (χ0n) is 15.0. The van der Waals surface area contributed by atoms with E-state index in [2.05, 4.69) is 34.3 Å². The molecule has 136 valence electrons. The maximum atomic E-state index is 14.9. The smallest absolute Gasteiger partial charge is 0.269 e. The Kier molecular flexibility index (Phi) is 3.86. The Morgan fingerprint density at radius 1 is 1.04 bits per heavy atom. The topological polar surface area (TPSA) is 47.8 Å². The fourth-order valence-corrected chi connectivity index (χ4v) is 3.63. The molecule has 0 spiro atoms. The second-order valence-corrected chi connectivity index (χ2v) is 6.87. The van der Waals surface area contributed by atoms with Gasteiger partial charge in [-0.05, 0) is 46.9 Å². The molecule has 0 amide bonds. The third-order valence-corrected chi connectivity index (χ3v) is 5.14. The molecule has 0 saturated carbocycles. The van der Waals surface area contributed by atoms with Crippen molar-refractivity contribution in [1.29, 1.82) is 0 Å². The molecule has 2 heterocycles. The van der Waals surface area contributed by atoms with E-state index in [-0.39, 0.29) is 17.9 Å². The molecule has 2 aromatic carbocycles. The van der Waals surface area contributed by atoms with Crippen LogP contribution in [0, 0.1) is 5.82 Å². The molecule has 4 nitrogen and oxygen atoms in total. The quantitative estimate of drug-likeness (QED) is 0.543. The van der Waals surface area contributed by atoms with Crippen LogP contribution in [0.5, 0.6) is 0 Å². The molecule has 1 aliphatic rings. The van der Waals surface area contributed by atoms with Crippen LogP contribution in [0.4, 0.5) is 4.39 Å². The molecule has 0 saturated heterocycles. The minimum atomic E-state index is -0.339. The van der Waals surface area contributed by atoms with Crippen molar-refractivity contribution in [3.8, 4) is 11.1 Å². The normalized spacial score (nSPS) is 12.5. The van der Waals surface area contributed by atoms with Crippen LogP contribution in [0.2, 0.25) is 0 Å². The molecule has 0 atom stereocenters. The summed E-state index contributed by atoms with van der Waals surface area (Å²) < 4.78 is 16.4. The molecule has 28 heavy (non-hydrogen) atoms. The first-order valence-electron chi connectivity index (χ1n) is 9.07. The molecule has 4 aromatic rings. The van der Waals surface area contributed by atoms with E-state index in [0.29, 0.717) is 16.6 Å². The number of nitrogens with zero attached hydrogens (tertiary/aromatic N) is 3. The fraction of sp³-hybridized carbons (Fsp3) is 0.0870. The van der Waals surface area contributed by atoms with Crippen LogP contribution in [-0.4, -0.2) is 14.5 Å². The number of pyridine rings is 1. The van der Waals surface area contributed by atoms with Gasteiger partial charge in [0.15, 0.2) is 0 Å². The summed E-state index contributed by atoms with van der Waals surface area (Å²) in [5.74, 6) is -0.339. The van der Waals surface area contributed by atoms with Crippen molar-refractivity contribution in [3.05, 3.63) is 100.0 Å². The van der Waals surface area contributed by atoms with Crippen LogP contribution >= 0.6 is 0 Å². The molecule has 0 aliphatic heterocycles. The van der Waals surface area contributed by atoms with Crippen molar-refractivity contribution in [1.82, 2.24) is 14.5 Å². The minimum Gasteiger partial charge on any atom is -0.299 e. The molecule has 5 rings (SSSR count). The third-order valence-electron chi connectivity index (χ3n) is 5.14. The second kappa shape index (κ2) is 6.53. The lowest BCUT2D eigenvalue weighted by Gasteiger charge is -2.11. The van der Waals surface area contributed by atoms with Crippen molar-refractivity contribution in [2.75, 3.05) is 0 Å². The highest BCUT2D eigenvalue weighted by atomic mass is 19.1. The molecule has 0 unspecified atom stereocenters. The number of hydrogen-bond donors (Lipinski definition) is 0. The second-order valence-electron chi connectivity index (χ2n) is 6.87. The van der Waals surface area contributed by atoms with Crippen LogP contribution in [0.1, 0.15) is 16.7 Å². The highest BCUT2D eigenvalue weighted by Gasteiger charge is 2.11. The maximum absolute atomic E-state index is 14.9. The lowest BCUT2D eigenvalue weighted by molar-refractivity contribution is 0.599.